The van der Waals surface area contributed by atoms with Gasteiger partial charge in [0.2, 0.25) is 0 Å². The van der Waals surface area contributed by atoms with Crippen molar-refractivity contribution in [1.29, 1.82) is 0 Å². The van der Waals surface area contributed by atoms with Gasteiger partial charge in [-0.05, 0) is 54.1 Å². The maximum atomic E-state index is 12.4. The number of hydrogen-bond donors (Lipinski definition) is 2. The normalized spacial score (nSPS) is 10.5. The van der Waals surface area contributed by atoms with Gasteiger partial charge in [0.1, 0.15) is 0 Å². The number of carbonyl (C=O) groups is 3. The van der Waals surface area contributed by atoms with Gasteiger partial charge in [0.05, 0.1) is 29.6 Å². The quantitative estimate of drug-likeness (QED) is 0.161. The maximum Gasteiger partial charge on any atom is 0.343 e. The topological polar surface area (TPSA) is 106 Å². The lowest BCUT2D eigenvalue weighted by atomic mass is 10.2. The predicted octanol–water partition coefficient (Wildman–Crippen LogP) is 4.42. The summed E-state index contributed by atoms with van der Waals surface area (Å²) < 4.78 is 11.4. The number of hydrazone groups is 1. The van der Waals surface area contributed by atoms with E-state index in [-0.39, 0.29) is 11.5 Å². The van der Waals surface area contributed by atoms with E-state index in [1.807, 2.05) is 0 Å². The Morgan fingerprint density at radius 3 is 2.48 bits per heavy atom. The van der Waals surface area contributed by atoms with Crippen LogP contribution >= 0.6 is 27.5 Å². The van der Waals surface area contributed by atoms with E-state index < -0.39 is 17.8 Å². The highest BCUT2D eigenvalue weighted by Gasteiger charge is 2.15. The zero-order chi connectivity index (χ0) is 23.8. The van der Waals surface area contributed by atoms with Crippen LogP contribution in [0.2, 0.25) is 5.02 Å². The molecule has 2 N–H and O–H groups in total. The molecular weight excluding hydrogens is 514 g/mol. The Kier molecular flexibility index (Phi) is 8.17. The molecular formula is C23H17BrClN3O5. The number of nitrogens with one attached hydrogen (secondary N) is 2. The Labute approximate surface area is 202 Å². The summed E-state index contributed by atoms with van der Waals surface area (Å²) in [7, 11) is 1.42. The summed E-state index contributed by atoms with van der Waals surface area (Å²) in [6.45, 7) is 0. The second kappa shape index (κ2) is 11.3. The minimum absolute atomic E-state index is 0.211. The van der Waals surface area contributed by atoms with Crippen molar-refractivity contribution in [2.45, 2.75) is 0 Å². The van der Waals surface area contributed by atoms with Gasteiger partial charge < -0.3 is 14.8 Å². The lowest BCUT2D eigenvalue weighted by Gasteiger charge is -2.10. The Morgan fingerprint density at radius 1 is 0.970 bits per heavy atom. The van der Waals surface area contributed by atoms with Gasteiger partial charge in [-0.3, -0.25) is 9.59 Å². The first-order valence-electron chi connectivity index (χ1n) is 9.42. The number of amides is 2. The number of carbonyl (C=O) groups excluding carboxylic acids is 3. The third-order valence-electron chi connectivity index (χ3n) is 4.16. The first kappa shape index (κ1) is 24.0. The second-order valence-corrected chi connectivity index (χ2v) is 7.77. The minimum atomic E-state index is -0.974. The van der Waals surface area contributed by atoms with Crippen molar-refractivity contribution in [3.8, 4) is 11.5 Å². The Balaban J connectivity index is 1.62. The van der Waals surface area contributed by atoms with E-state index >= 15 is 0 Å². The van der Waals surface area contributed by atoms with E-state index in [0.717, 1.165) is 4.47 Å². The van der Waals surface area contributed by atoms with E-state index in [0.29, 0.717) is 21.8 Å². The van der Waals surface area contributed by atoms with E-state index in [9.17, 15) is 14.4 Å². The monoisotopic (exact) mass is 529 g/mol. The van der Waals surface area contributed by atoms with Crippen LogP contribution in [-0.2, 0) is 9.59 Å². The molecule has 3 rings (SSSR count). The van der Waals surface area contributed by atoms with Crippen LogP contribution in [0.3, 0.4) is 0 Å². The zero-order valence-corrected chi connectivity index (χ0v) is 19.5. The molecule has 3 aromatic rings. The average molecular weight is 531 g/mol. The van der Waals surface area contributed by atoms with Crippen molar-refractivity contribution in [2.75, 3.05) is 12.4 Å². The molecule has 0 spiro atoms. The Hall–Kier alpha value is -3.69. The molecule has 0 aliphatic rings. The van der Waals surface area contributed by atoms with E-state index in [1.54, 1.807) is 60.7 Å². The molecule has 0 fully saturated rings. The molecule has 0 heterocycles. The van der Waals surface area contributed by atoms with Crippen LogP contribution in [0.1, 0.15) is 15.9 Å². The molecule has 0 saturated heterocycles. The third-order valence-corrected chi connectivity index (χ3v) is 4.98. The second-order valence-electron chi connectivity index (χ2n) is 6.44. The number of nitrogens with zero attached hydrogens (tertiary/aromatic N) is 1. The van der Waals surface area contributed by atoms with Crippen LogP contribution in [0.15, 0.2) is 76.3 Å². The van der Waals surface area contributed by atoms with Crippen LogP contribution in [0, 0.1) is 0 Å². The van der Waals surface area contributed by atoms with E-state index in [2.05, 4.69) is 31.8 Å². The van der Waals surface area contributed by atoms with Gasteiger partial charge in [-0.15, -0.1) is 0 Å². The van der Waals surface area contributed by atoms with Gasteiger partial charge >= 0.3 is 17.8 Å². The first-order valence-corrected chi connectivity index (χ1v) is 10.6. The number of rotatable bonds is 6. The van der Waals surface area contributed by atoms with Gasteiger partial charge in [0, 0.05) is 4.47 Å². The molecule has 0 aliphatic heterocycles. The Bertz CT molecular complexity index is 1230. The number of esters is 1. The molecule has 0 unspecified atom stereocenters. The fourth-order valence-corrected chi connectivity index (χ4v) is 3.16. The summed E-state index contributed by atoms with van der Waals surface area (Å²) in [6, 6.07) is 18.0. The van der Waals surface area contributed by atoms with Crippen molar-refractivity contribution in [3.05, 3.63) is 87.4 Å². The highest BCUT2D eigenvalue weighted by atomic mass is 79.9. The van der Waals surface area contributed by atoms with Crippen molar-refractivity contribution >= 4 is 57.2 Å². The minimum Gasteiger partial charge on any atom is -0.493 e. The van der Waals surface area contributed by atoms with Gasteiger partial charge in [-0.1, -0.05) is 45.7 Å². The van der Waals surface area contributed by atoms with Crippen molar-refractivity contribution < 1.29 is 23.9 Å². The van der Waals surface area contributed by atoms with Crippen LogP contribution in [-0.4, -0.2) is 31.1 Å². The molecule has 2 amide bonds. The zero-order valence-electron chi connectivity index (χ0n) is 17.2. The summed E-state index contributed by atoms with van der Waals surface area (Å²) in [5.41, 5.74) is 3.33. The summed E-state index contributed by atoms with van der Waals surface area (Å²) in [6.07, 6.45) is 1.31. The van der Waals surface area contributed by atoms with Crippen LogP contribution < -0.4 is 20.2 Å². The van der Waals surface area contributed by atoms with Gasteiger partial charge in [0.25, 0.3) is 0 Å². The van der Waals surface area contributed by atoms with Gasteiger partial charge in [-0.25, -0.2) is 10.2 Å². The largest absolute Gasteiger partial charge is 0.493 e. The molecule has 10 heteroatoms. The molecule has 0 saturated carbocycles. The summed E-state index contributed by atoms with van der Waals surface area (Å²) in [4.78, 5) is 36.3. The molecule has 33 heavy (non-hydrogen) atoms. The summed E-state index contributed by atoms with van der Waals surface area (Å²) in [5.74, 6) is -1.95. The number of methoxy groups -OCH3 is 1. The number of para-hydroxylation sites is 1. The van der Waals surface area contributed by atoms with Crippen LogP contribution in [0.5, 0.6) is 11.5 Å². The predicted molar refractivity (Wildman–Crippen MR) is 128 cm³/mol. The fourth-order valence-electron chi connectivity index (χ4n) is 2.58. The van der Waals surface area contributed by atoms with Crippen molar-refractivity contribution in [1.82, 2.24) is 5.43 Å². The van der Waals surface area contributed by atoms with Gasteiger partial charge in [0.15, 0.2) is 11.5 Å². The number of halogens is 2. The molecule has 0 atom stereocenters. The van der Waals surface area contributed by atoms with Crippen LogP contribution in [0.4, 0.5) is 5.69 Å². The molecule has 0 bridgehead atoms. The number of benzene rings is 3. The number of anilines is 1. The van der Waals surface area contributed by atoms with Crippen molar-refractivity contribution in [2.24, 2.45) is 5.10 Å². The smallest absolute Gasteiger partial charge is 0.343 e. The highest BCUT2D eigenvalue weighted by Crippen LogP contribution is 2.28. The number of ether oxygens (including phenoxy) is 2. The molecule has 168 valence electrons. The third kappa shape index (κ3) is 6.64. The van der Waals surface area contributed by atoms with E-state index in [1.165, 1.54) is 19.4 Å². The average Bonchev–Trinajstić information content (AvgIpc) is 2.81. The van der Waals surface area contributed by atoms with Crippen molar-refractivity contribution in [3.63, 3.8) is 0 Å². The van der Waals surface area contributed by atoms with Crippen LogP contribution in [0.25, 0.3) is 0 Å². The lowest BCUT2D eigenvalue weighted by molar-refractivity contribution is -0.136. The highest BCUT2D eigenvalue weighted by molar-refractivity contribution is 9.10. The standard InChI is InChI=1S/C23H17BrClN3O5/c1-32-20-11-14(9-10-19(20)33-23(31)15-5-4-6-16(24)12-15)13-26-28-22(30)21(29)27-18-8-3-2-7-17(18)25/h2-13H,1H3,(H,27,29)(H,28,30). The molecule has 0 aromatic heterocycles. The number of hydrogen-bond acceptors (Lipinski definition) is 6. The van der Waals surface area contributed by atoms with Gasteiger partial charge in [-0.2, -0.15) is 5.10 Å². The van der Waals surface area contributed by atoms with E-state index in [4.69, 9.17) is 21.1 Å². The first-order chi connectivity index (χ1) is 15.9. The SMILES string of the molecule is COc1cc(C=NNC(=O)C(=O)Nc2ccccc2Cl)ccc1OC(=O)c1cccc(Br)c1. The molecule has 0 aliphatic carbocycles. The fraction of sp³-hybridized carbons (Fsp3) is 0.0435. The molecule has 8 nitrogen and oxygen atoms in total. The Morgan fingerprint density at radius 2 is 1.76 bits per heavy atom. The summed E-state index contributed by atoms with van der Waals surface area (Å²) >= 11 is 9.26. The summed E-state index contributed by atoms with van der Waals surface area (Å²) in [5, 5.41) is 6.46. The molecule has 3 aromatic carbocycles. The lowest BCUT2D eigenvalue weighted by Crippen LogP contribution is -2.32. The maximum absolute atomic E-state index is 12.4. The molecule has 0 radical (unpaired) electrons.